The number of benzene rings is 1. The lowest BCUT2D eigenvalue weighted by molar-refractivity contribution is -0.111. The van der Waals surface area contributed by atoms with Crippen LogP contribution in [0.1, 0.15) is 18.4 Å². The van der Waals surface area contributed by atoms with E-state index in [0.717, 1.165) is 24.0 Å². The molecule has 0 heterocycles. The molecule has 0 aliphatic heterocycles. The molecule has 1 aromatic carbocycles. The topological polar surface area (TPSA) is 35.5 Å². The van der Waals surface area contributed by atoms with E-state index >= 15 is 0 Å². The van der Waals surface area contributed by atoms with Gasteiger partial charge in [0.25, 0.3) is 0 Å². The van der Waals surface area contributed by atoms with Crippen LogP contribution in [-0.4, -0.2) is 20.0 Å². The summed E-state index contributed by atoms with van der Waals surface area (Å²) in [6.07, 6.45) is 7.17. The fourth-order valence-electron chi connectivity index (χ4n) is 1.95. The molecular formula is C15H16O3. The lowest BCUT2D eigenvalue weighted by Gasteiger charge is -2.10. The predicted molar refractivity (Wildman–Crippen MR) is 70.9 cm³/mol. The number of carbonyl (C=O) groups is 1. The molecule has 18 heavy (non-hydrogen) atoms. The Morgan fingerprint density at radius 3 is 2.61 bits per heavy atom. The highest BCUT2D eigenvalue weighted by atomic mass is 16.5. The van der Waals surface area contributed by atoms with Crippen molar-refractivity contribution >= 4 is 11.9 Å². The van der Waals surface area contributed by atoms with Gasteiger partial charge in [-0.3, -0.25) is 4.79 Å². The van der Waals surface area contributed by atoms with Crippen molar-refractivity contribution in [2.45, 2.75) is 12.8 Å². The molecule has 0 aromatic heterocycles. The number of rotatable bonds is 3. The fraction of sp³-hybridized carbons (Fsp3) is 0.267. The van der Waals surface area contributed by atoms with Gasteiger partial charge in [0.2, 0.25) is 0 Å². The van der Waals surface area contributed by atoms with Crippen LogP contribution in [0.5, 0.6) is 11.5 Å². The SMILES string of the molecule is COc1ccc(/C=C2\CCC=CC2=O)cc1OC. The summed E-state index contributed by atoms with van der Waals surface area (Å²) in [7, 11) is 3.20. The molecule has 2 rings (SSSR count). The minimum absolute atomic E-state index is 0.0936. The third kappa shape index (κ3) is 2.62. The van der Waals surface area contributed by atoms with Crippen LogP contribution in [0.2, 0.25) is 0 Å². The zero-order chi connectivity index (χ0) is 13.0. The van der Waals surface area contributed by atoms with Gasteiger partial charge in [-0.2, -0.15) is 0 Å². The molecule has 1 aliphatic carbocycles. The summed E-state index contributed by atoms with van der Waals surface area (Å²) < 4.78 is 10.4. The third-order valence-corrected chi connectivity index (χ3v) is 2.91. The molecule has 3 heteroatoms. The molecule has 1 aromatic rings. The quantitative estimate of drug-likeness (QED) is 0.767. The highest BCUT2D eigenvalue weighted by Crippen LogP contribution is 2.29. The van der Waals surface area contributed by atoms with Crippen molar-refractivity contribution in [3.63, 3.8) is 0 Å². The molecular weight excluding hydrogens is 228 g/mol. The van der Waals surface area contributed by atoms with Gasteiger partial charge in [-0.15, -0.1) is 0 Å². The maximum Gasteiger partial charge on any atom is 0.181 e. The molecule has 3 nitrogen and oxygen atoms in total. The summed E-state index contributed by atoms with van der Waals surface area (Å²) in [6, 6.07) is 5.63. The average molecular weight is 244 g/mol. The van der Waals surface area contributed by atoms with Crippen molar-refractivity contribution in [3.05, 3.63) is 41.5 Å². The van der Waals surface area contributed by atoms with Crippen LogP contribution in [0.15, 0.2) is 35.9 Å². The maximum absolute atomic E-state index is 11.7. The minimum atomic E-state index is 0.0936. The van der Waals surface area contributed by atoms with E-state index in [4.69, 9.17) is 9.47 Å². The lowest BCUT2D eigenvalue weighted by Crippen LogP contribution is -2.02. The number of methoxy groups -OCH3 is 2. The molecule has 0 saturated carbocycles. The third-order valence-electron chi connectivity index (χ3n) is 2.91. The fourth-order valence-corrected chi connectivity index (χ4v) is 1.95. The first-order valence-electron chi connectivity index (χ1n) is 5.88. The average Bonchev–Trinajstić information content (AvgIpc) is 2.41. The van der Waals surface area contributed by atoms with Gasteiger partial charge < -0.3 is 9.47 Å². The number of carbonyl (C=O) groups excluding carboxylic acids is 1. The number of hydrogen-bond donors (Lipinski definition) is 0. The number of allylic oxidation sites excluding steroid dienone is 3. The van der Waals surface area contributed by atoms with Crippen molar-refractivity contribution < 1.29 is 14.3 Å². The van der Waals surface area contributed by atoms with Crippen molar-refractivity contribution in [1.82, 2.24) is 0 Å². The Bertz CT molecular complexity index is 512. The normalized spacial score (nSPS) is 17.0. The summed E-state index contributed by atoms with van der Waals surface area (Å²) in [5.74, 6) is 1.45. The number of ether oxygens (including phenoxy) is 2. The van der Waals surface area contributed by atoms with E-state index in [1.807, 2.05) is 30.4 Å². The summed E-state index contributed by atoms with van der Waals surface area (Å²) >= 11 is 0. The second-order valence-corrected chi connectivity index (χ2v) is 4.09. The molecule has 0 amide bonds. The van der Waals surface area contributed by atoms with E-state index in [1.54, 1.807) is 20.3 Å². The second-order valence-electron chi connectivity index (χ2n) is 4.09. The van der Waals surface area contributed by atoms with Gasteiger partial charge in [-0.25, -0.2) is 0 Å². The standard InChI is InChI=1S/C15H16O3/c1-17-14-8-7-11(10-15(14)18-2)9-12-5-3-4-6-13(12)16/h4,6-10H,3,5H2,1-2H3/b12-9+. The Labute approximate surface area is 107 Å². The first-order valence-corrected chi connectivity index (χ1v) is 5.88. The van der Waals surface area contributed by atoms with Crippen LogP contribution in [0.3, 0.4) is 0 Å². The molecule has 0 fully saturated rings. The van der Waals surface area contributed by atoms with Crippen LogP contribution < -0.4 is 9.47 Å². The van der Waals surface area contributed by atoms with Crippen molar-refractivity contribution in [2.24, 2.45) is 0 Å². The van der Waals surface area contributed by atoms with Gasteiger partial charge in [-0.1, -0.05) is 12.1 Å². The van der Waals surface area contributed by atoms with Crippen LogP contribution in [0, 0.1) is 0 Å². The summed E-state index contributed by atoms with van der Waals surface area (Å²) in [5.41, 5.74) is 1.79. The molecule has 0 spiro atoms. The van der Waals surface area contributed by atoms with E-state index in [2.05, 4.69) is 0 Å². The monoisotopic (exact) mass is 244 g/mol. The first kappa shape index (κ1) is 12.4. The lowest BCUT2D eigenvalue weighted by atomic mass is 9.97. The van der Waals surface area contributed by atoms with Gasteiger partial charge in [0, 0.05) is 5.57 Å². The first-order chi connectivity index (χ1) is 8.74. The van der Waals surface area contributed by atoms with Crippen molar-refractivity contribution in [3.8, 4) is 11.5 Å². The molecule has 0 N–H and O–H groups in total. The molecule has 0 atom stereocenters. The number of ketones is 1. The van der Waals surface area contributed by atoms with Crippen molar-refractivity contribution in [1.29, 1.82) is 0 Å². The molecule has 0 bridgehead atoms. The Hall–Kier alpha value is -2.03. The summed E-state index contributed by atoms with van der Waals surface area (Å²) in [6.45, 7) is 0. The van der Waals surface area contributed by atoms with Gasteiger partial charge in [-0.05, 0) is 42.7 Å². The highest BCUT2D eigenvalue weighted by Gasteiger charge is 2.10. The zero-order valence-electron chi connectivity index (χ0n) is 10.6. The van der Waals surface area contributed by atoms with E-state index in [1.165, 1.54) is 0 Å². The Kier molecular flexibility index (Phi) is 3.82. The number of hydrogen-bond acceptors (Lipinski definition) is 3. The van der Waals surface area contributed by atoms with Crippen LogP contribution in [0.25, 0.3) is 6.08 Å². The molecule has 94 valence electrons. The smallest absolute Gasteiger partial charge is 0.181 e. The van der Waals surface area contributed by atoms with E-state index in [-0.39, 0.29) is 5.78 Å². The predicted octanol–water partition coefficient (Wildman–Crippen LogP) is 3.01. The maximum atomic E-state index is 11.7. The second kappa shape index (κ2) is 5.54. The van der Waals surface area contributed by atoms with E-state index < -0.39 is 0 Å². The van der Waals surface area contributed by atoms with Crippen molar-refractivity contribution in [2.75, 3.05) is 14.2 Å². The zero-order valence-corrected chi connectivity index (χ0v) is 10.6. The highest BCUT2D eigenvalue weighted by molar-refractivity contribution is 6.07. The van der Waals surface area contributed by atoms with Crippen LogP contribution in [0.4, 0.5) is 0 Å². The van der Waals surface area contributed by atoms with Gasteiger partial charge in [0.15, 0.2) is 17.3 Å². The molecule has 0 radical (unpaired) electrons. The molecule has 0 unspecified atom stereocenters. The Morgan fingerprint density at radius 2 is 1.94 bits per heavy atom. The largest absolute Gasteiger partial charge is 0.493 e. The van der Waals surface area contributed by atoms with Crippen LogP contribution in [-0.2, 0) is 4.79 Å². The Morgan fingerprint density at radius 1 is 1.17 bits per heavy atom. The van der Waals surface area contributed by atoms with E-state index in [9.17, 15) is 4.79 Å². The minimum Gasteiger partial charge on any atom is -0.493 e. The summed E-state index contributed by atoms with van der Waals surface area (Å²) in [4.78, 5) is 11.7. The molecule has 0 saturated heterocycles. The van der Waals surface area contributed by atoms with E-state index in [0.29, 0.717) is 11.5 Å². The van der Waals surface area contributed by atoms with Gasteiger partial charge in [0.05, 0.1) is 14.2 Å². The van der Waals surface area contributed by atoms with Gasteiger partial charge >= 0.3 is 0 Å². The van der Waals surface area contributed by atoms with Gasteiger partial charge in [0.1, 0.15) is 0 Å². The molecule has 1 aliphatic rings. The summed E-state index contributed by atoms with van der Waals surface area (Å²) in [5, 5.41) is 0. The van der Waals surface area contributed by atoms with Crippen LogP contribution >= 0.6 is 0 Å². The Balaban J connectivity index is 2.32.